The average molecular weight is 377 g/mol. The van der Waals surface area contributed by atoms with Crippen LogP contribution in [0.5, 0.6) is 11.5 Å². The number of nitrogens with two attached hydrogens (primary N) is 1. The highest BCUT2D eigenvalue weighted by atomic mass is 16.5. The highest BCUT2D eigenvalue weighted by Crippen LogP contribution is 2.39. The molecule has 0 aliphatic heterocycles. The van der Waals surface area contributed by atoms with E-state index in [2.05, 4.69) is 40.6 Å². The Labute approximate surface area is 168 Å². The molecule has 29 heavy (non-hydrogen) atoms. The number of fused-ring (bicyclic) bond motifs is 2. The molecule has 1 heterocycles. The van der Waals surface area contributed by atoms with Gasteiger partial charge in [0.05, 0.1) is 5.69 Å². The van der Waals surface area contributed by atoms with Gasteiger partial charge in [0.2, 0.25) is 0 Å². The molecule has 5 rings (SSSR count). The maximum absolute atomic E-state index is 6.29. The molecule has 0 atom stereocenters. The second-order valence-corrected chi connectivity index (χ2v) is 6.80. The number of nitrogens with one attached hydrogen (secondary N) is 1. The minimum absolute atomic E-state index is 0.336. The highest BCUT2D eigenvalue weighted by Gasteiger charge is 2.13. The zero-order valence-corrected chi connectivity index (χ0v) is 15.7. The van der Waals surface area contributed by atoms with E-state index in [9.17, 15) is 0 Å². The first-order valence-electron chi connectivity index (χ1n) is 9.44. The summed E-state index contributed by atoms with van der Waals surface area (Å²) in [5.41, 5.74) is 7.95. The van der Waals surface area contributed by atoms with Crippen LogP contribution in [-0.2, 0) is 0 Å². The van der Waals surface area contributed by atoms with Crippen LogP contribution in [0.15, 0.2) is 97.2 Å². The van der Waals surface area contributed by atoms with Gasteiger partial charge in [-0.2, -0.15) is 0 Å². The highest BCUT2D eigenvalue weighted by molar-refractivity contribution is 5.96. The van der Waals surface area contributed by atoms with Gasteiger partial charge < -0.3 is 15.8 Å². The molecular weight excluding hydrogens is 358 g/mol. The van der Waals surface area contributed by atoms with Crippen LogP contribution < -0.4 is 15.8 Å². The first-order valence-corrected chi connectivity index (χ1v) is 9.44. The summed E-state index contributed by atoms with van der Waals surface area (Å²) in [6.07, 6.45) is 1.68. The van der Waals surface area contributed by atoms with Gasteiger partial charge in [-0.25, -0.2) is 4.98 Å². The number of hydrogen-bond donors (Lipinski definition) is 2. The molecule has 140 valence electrons. The van der Waals surface area contributed by atoms with Crippen LogP contribution in [0.1, 0.15) is 0 Å². The molecule has 0 saturated heterocycles. The molecular formula is C25H19N3O. The topological polar surface area (TPSA) is 60.2 Å². The number of pyridine rings is 1. The van der Waals surface area contributed by atoms with Crippen LogP contribution in [0.25, 0.3) is 21.5 Å². The van der Waals surface area contributed by atoms with Crippen LogP contribution in [-0.4, -0.2) is 4.98 Å². The number of nitrogen functional groups attached to an aromatic ring is 1. The molecule has 1 aromatic heterocycles. The summed E-state index contributed by atoms with van der Waals surface area (Å²) in [6.45, 7) is 0. The fourth-order valence-electron chi connectivity index (χ4n) is 3.54. The molecule has 5 aromatic rings. The average Bonchev–Trinajstić information content (AvgIpc) is 2.76. The maximum Gasteiger partial charge on any atom is 0.192 e. The lowest BCUT2D eigenvalue weighted by Gasteiger charge is -2.16. The van der Waals surface area contributed by atoms with E-state index in [4.69, 9.17) is 10.5 Å². The van der Waals surface area contributed by atoms with E-state index in [0.717, 1.165) is 38.7 Å². The Morgan fingerprint density at radius 1 is 0.655 bits per heavy atom. The normalized spacial score (nSPS) is 10.9. The lowest BCUT2D eigenvalue weighted by Crippen LogP contribution is -2.01. The smallest absolute Gasteiger partial charge is 0.192 e. The number of hydrogen-bond acceptors (Lipinski definition) is 4. The molecule has 0 radical (unpaired) electrons. The quantitative estimate of drug-likeness (QED) is 0.375. The third-order valence-corrected chi connectivity index (χ3v) is 4.95. The van der Waals surface area contributed by atoms with E-state index in [0.29, 0.717) is 11.6 Å². The molecule has 0 aliphatic carbocycles. The van der Waals surface area contributed by atoms with Gasteiger partial charge in [0.1, 0.15) is 5.75 Å². The van der Waals surface area contributed by atoms with Crippen molar-refractivity contribution in [2.45, 2.75) is 0 Å². The Kier molecular flexibility index (Phi) is 4.22. The number of rotatable bonds is 4. The summed E-state index contributed by atoms with van der Waals surface area (Å²) in [4.78, 5) is 4.23. The molecule has 0 aliphatic rings. The largest absolute Gasteiger partial charge is 0.451 e. The van der Waals surface area contributed by atoms with Crippen LogP contribution in [0.2, 0.25) is 0 Å². The molecule has 0 bridgehead atoms. The number of ether oxygens (including phenoxy) is 1. The summed E-state index contributed by atoms with van der Waals surface area (Å²) >= 11 is 0. The first-order chi connectivity index (χ1) is 14.3. The summed E-state index contributed by atoms with van der Waals surface area (Å²) in [5.74, 6) is 1.59. The van der Waals surface area contributed by atoms with Gasteiger partial charge in [-0.1, -0.05) is 72.8 Å². The Balaban J connectivity index is 1.58. The van der Waals surface area contributed by atoms with Crippen molar-refractivity contribution >= 4 is 38.7 Å². The predicted molar refractivity (Wildman–Crippen MR) is 120 cm³/mol. The van der Waals surface area contributed by atoms with Crippen molar-refractivity contribution < 1.29 is 4.74 Å². The number of benzene rings is 4. The predicted octanol–water partition coefficient (Wildman–Crippen LogP) is 6.51. The van der Waals surface area contributed by atoms with Gasteiger partial charge in [0, 0.05) is 22.7 Å². The molecule has 0 spiro atoms. The molecule has 4 heteroatoms. The van der Waals surface area contributed by atoms with Crippen LogP contribution in [0, 0.1) is 0 Å². The zero-order valence-electron chi connectivity index (χ0n) is 15.7. The van der Waals surface area contributed by atoms with Crippen molar-refractivity contribution in [1.82, 2.24) is 4.98 Å². The van der Waals surface area contributed by atoms with Crippen LogP contribution >= 0.6 is 0 Å². The number of aromatic nitrogens is 1. The van der Waals surface area contributed by atoms with Gasteiger partial charge in [-0.3, -0.25) is 0 Å². The van der Waals surface area contributed by atoms with E-state index in [1.807, 2.05) is 60.7 Å². The van der Waals surface area contributed by atoms with Gasteiger partial charge in [0.15, 0.2) is 11.6 Å². The zero-order chi connectivity index (χ0) is 19.6. The fourth-order valence-corrected chi connectivity index (χ4v) is 3.54. The van der Waals surface area contributed by atoms with Crippen molar-refractivity contribution in [3.63, 3.8) is 0 Å². The van der Waals surface area contributed by atoms with E-state index in [-0.39, 0.29) is 0 Å². The molecule has 0 fully saturated rings. The van der Waals surface area contributed by atoms with Gasteiger partial charge in [-0.05, 0) is 29.0 Å². The minimum atomic E-state index is 0.336. The van der Waals surface area contributed by atoms with Crippen molar-refractivity contribution in [3.8, 4) is 11.5 Å². The number of anilines is 3. The van der Waals surface area contributed by atoms with E-state index < -0.39 is 0 Å². The molecule has 4 aromatic carbocycles. The van der Waals surface area contributed by atoms with Gasteiger partial charge in [-0.15, -0.1) is 0 Å². The Morgan fingerprint density at radius 2 is 1.31 bits per heavy atom. The van der Waals surface area contributed by atoms with Crippen LogP contribution in [0.3, 0.4) is 0 Å². The van der Waals surface area contributed by atoms with Crippen molar-refractivity contribution in [1.29, 1.82) is 0 Å². The monoisotopic (exact) mass is 377 g/mol. The summed E-state index contributed by atoms with van der Waals surface area (Å²) in [5, 5.41) is 7.90. The fraction of sp³-hybridized carbons (Fsp3) is 0. The summed E-state index contributed by atoms with van der Waals surface area (Å²) in [6, 6.07) is 30.4. The van der Waals surface area contributed by atoms with Gasteiger partial charge in [0.25, 0.3) is 0 Å². The van der Waals surface area contributed by atoms with Gasteiger partial charge >= 0.3 is 0 Å². The Bertz CT molecular complexity index is 1320. The Morgan fingerprint density at radius 3 is 2.14 bits per heavy atom. The molecule has 0 amide bonds. The van der Waals surface area contributed by atoms with Crippen LogP contribution in [0.4, 0.5) is 17.2 Å². The molecule has 0 unspecified atom stereocenters. The van der Waals surface area contributed by atoms with Crippen molar-refractivity contribution in [2.75, 3.05) is 11.1 Å². The first kappa shape index (κ1) is 17.1. The van der Waals surface area contributed by atoms with E-state index in [1.165, 1.54) is 0 Å². The summed E-state index contributed by atoms with van der Waals surface area (Å²) in [7, 11) is 0. The van der Waals surface area contributed by atoms with Crippen molar-refractivity contribution in [3.05, 3.63) is 97.2 Å². The van der Waals surface area contributed by atoms with Crippen molar-refractivity contribution in [2.24, 2.45) is 0 Å². The second-order valence-electron chi connectivity index (χ2n) is 6.80. The second kappa shape index (κ2) is 7.17. The third kappa shape index (κ3) is 3.21. The summed E-state index contributed by atoms with van der Waals surface area (Å²) < 4.78 is 6.29. The van der Waals surface area contributed by atoms with E-state index in [1.54, 1.807) is 6.20 Å². The SMILES string of the molecule is Nc1nccc(Nc2cccc3ccccc23)c1Oc1cccc2ccccc12. The standard InChI is InChI=1S/C25H19N3O/c26-25-24(29-23-14-6-10-18-8-2-4-12-20(18)23)22(15-16-27-25)28-21-13-5-9-17-7-1-3-11-19(17)21/h1-16H,(H3,26,27,28). The lowest BCUT2D eigenvalue weighted by atomic mass is 10.1. The minimum Gasteiger partial charge on any atom is -0.451 e. The lowest BCUT2D eigenvalue weighted by molar-refractivity contribution is 0.491. The molecule has 0 saturated carbocycles. The third-order valence-electron chi connectivity index (χ3n) is 4.95. The van der Waals surface area contributed by atoms with E-state index >= 15 is 0 Å². The molecule has 3 N–H and O–H groups in total. The molecule has 4 nitrogen and oxygen atoms in total. The maximum atomic E-state index is 6.29. The number of nitrogens with zero attached hydrogens (tertiary/aromatic N) is 1. The Hall–Kier alpha value is -4.05.